The molecule has 5 heteroatoms. The number of hydrogen-bond donors (Lipinski definition) is 1. The van der Waals surface area contributed by atoms with Crippen LogP contribution in [0, 0.1) is 5.82 Å². The molecule has 0 saturated heterocycles. The number of aromatic nitrogens is 2. The molecule has 2 rings (SSSR count). The van der Waals surface area contributed by atoms with Gasteiger partial charge in [0.1, 0.15) is 5.82 Å². The molecule has 2 aromatic rings. The van der Waals surface area contributed by atoms with Gasteiger partial charge in [0.05, 0.1) is 17.0 Å². The fraction of sp³-hybridized carbons (Fsp3) is 0.250. The molecule has 3 nitrogen and oxygen atoms in total. The number of nitrogens with two attached hydrogens (primary N) is 1. The fourth-order valence-electron chi connectivity index (χ4n) is 1.68. The number of rotatable bonds is 3. The van der Waals surface area contributed by atoms with Gasteiger partial charge in [0.15, 0.2) is 0 Å². The maximum absolute atomic E-state index is 13.0. The highest BCUT2D eigenvalue weighted by Gasteiger charge is 2.08. The highest BCUT2D eigenvalue weighted by Crippen LogP contribution is 2.18. The summed E-state index contributed by atoms with van der Waals surface area (Å²) in [7, 11) is 0. The van der Waals surface area contributed by atoms with Gasteiger partial charge in [-0.25, -0.2) is 9.37 Å². The molecule has 1 heterocycles. The summed E-state index contributed by atoms with van der Waals surface area (Å²) >= 11 is 5.73. The minimum Gasteiger partial charge on any atom is -0.329 e. The van der Waals surface area contributed by atoms with E-state index in [9.17, 15) is 4.39 Å². The van der Waals surface area contributed by atoms with Gasteiger partial charge in [-0.2, -0.15) is 0 Å². The molecule has 1 atom stereocenters. The molecule has 0 aliphatic heterocycles. The van der Waals surface area contributed by atoms with Crippen LogP contribution in [-0.4, -0.2) is 9.55 Å². The first kappa shape index (κ1) is 12.1. The summed E-state index contributed by atoms with van der Waals surface area (Å²) in [5.41, 5.74) is 7.67. The van der Waals surface area contributed by atoms with Crippen molar-refractivity contribution in [3.05, 3.63) is 52.8 Å². The van der Waals surface area contributed by atoms with E-state index in [4.69, 9.17) is 17.3 Å². The molecule has 0 bridgehead atoms. The lowest BCUT2D eigenvalue weighted by Crippen LogP contribution is -2.12. The molecule has 1 aromatic heterocycles. The van der Waals surface area contributed by atoms with Crippen LogP contribution in [0.15, 0.2) is 30.7 Å². The van der Waals surface area contributed by atoms with E-state index in [2.05, 4.69) is 4.98 Å². The van der Waals surface area contributed by atoms with Gasteiger partial charge in [-0.3, -0.25) is 0 Å². The van der Waals surface area contributed by atoms with Crippen molar-refractivity contribution < 1.29 is 4.39 Å². The summed E-state index contributed by atoms with van der Waals surface area (Å²) in [5, 5.41) is 0.130. The molecule has 0 fully saturated rings. The molecule has 0 aliphatic rings. The van der Waals surface area contributed by atoms with Crippen LogP contribution in [0.2, 0.25) is 5.02 Å². The number of nitrogens with zero attached hydrogens (tertiary/aromatic N) is 2. The second kappa shape index (κ2) is 4.85. The fourth-order valence-corrected chi connectivity index (χ4v) is 1.88. The molecule has 1 aromatic carbocycles. The predicted octanol–water partition coefficient (Wildman–Crippen LogP) is 2.74. The van der Waals surface area contributed by atoms with Crippen molar-refractivity contribution in [3.8, 4) is 0 Å². The summed E-state index contributed by atoms with van der Waals surface area (Å²) in [6.45, 7) is 2.47. The van der Waals surface area contributed by atoms with Crippen molar-refractivity contribution in [1.29, 1.82) is 0 Å². The zero-order chi connectivity index (χ0) is 12.4. The van der Waals surface area contributed by atoms with E-state index in [1.807, 2.05) is 11.5 Å². The Bertz CT molecular complexity index is 522. The predicted molar refractivity (Wildman–Crippen MR) is 65.3 cm³/mol. The van der Waals surface area contributed by atoms with Crippen LogP contribution in [0.1, 0.15) is 24.2 Å². The van der Waals surface area contributed by atoms with Crippen LogP contribution in [0.5, 0.6) is 0 Å². The molecule has 2 N–H and O–H groups in total. The second-order valence-corrected chi connectivity index (χ2v) is 4.39. The normalized spacial score (nSPS) is 12.7. The zero-order valence-electron chi connectivity index (χ0n) is 9.40. The Morgan fingerprint density at radius 2 is 2.29 bits per heavy atom. The first-order chi connectivity index (χ1) is 8.08. The standard InChI is InChI=1S/C12H13ClFN3/c1-8(15)12-5-16-7-17(12)6-9-2-3-11(14)10(13)4-9/h2-5,7-8H,6,15H2,1H3/t8-/m0/s1. The summed E-state index contributed by atoms with van der Waals surface area (Å²) in [4.78, 5) is 4.06. The third-order valence-corrected chi connectivity index (χ3v) is 2.84. The average Bonchev–Trinajstić information content (AvgIpc) is 2.72. The lowest BCUT2D eigenvalue weighted by Gasteiger charge is -2.11. The van der Waals surface area contributed by atoms with Crippen molar-refractivity contribution in [2.24, 2.45) is 5.73 Å². The van der Waals surface area contributed by atoms with Crippen LogP contribution in [-0.2, 0) is 6.54 Å². The Balaban J connectivity index is 2.25. The molecule has 0 saturated carbocycles. The molecule has 17 heavy (non-hydrogen) atoms. The summed E-state index contributed by atoms with van der Waals surface area (Å²) in [6, 6.07) is 4.59. The molecule has 0 unspecified atom stereocenters. The molecule has 0 spiro atoms. The topological polar surface area (TPSA) is 43.8 Å². The number of halogens is 2. The Morgan fingerprint density at radius 3 is 2.94 bits per heavy atom. The van der Waals surface area contributed by atoms with Crippen molar-refractivity contribution in [2.75, 3.05) is 0 Å². The van der Waals surface area contributed by atoms with Gasteiger partial charge in [0.25, 0.3) is 0 Å². The second-order valence-electron chi connectivity index (χ2n) is 3.98. The van der Waals surface area contributed by atoms with Gasteiger partial charge in [-0.1, -0.05) is 17.7 Å². The van der Waals surface area contributed by atoms with E-state index < -0.39 is 5.82 Å². The minimum absolute atomic E-state index is 0.0894. The zero-order valence-corrected chi connectivity index (χ0v) is 10.2. The Hall–Kier alpha value is -1.39. The molecular weight excluding hydrogens is 241 g/mol. The minimum atomic E-state index is -0.409. The van der Waals surface area contributed by atoms with Crippen molar-refractivity contribution in [2.45, 2.75) is 19.5 Å². The molecule has 0 aliphatic carbocycles. The van der Waals surface area contributed by atoms with Crippen LogP contribution >= 0.6 is 11.6 Å². The van der Waals surface area contributed by atoms with E-state index >= 15 is 0 Å². The third kappa shape index (κ3) is 2.65. The molecule has 90 valence electrons. The van der Waals surface area contributed by atoms with Crippen LogP contribution in [0.4, 0.5) is 4.39 Å². The Morgan fingerprint density at radius 1 is 1.53 bits per heavy atom. The highest BCUT2D eigenvalue weighted by atomic mass is 35.5. The number of hydrogen-bond acceptors (Lipinski definition) is 2. The molecule has 0 amide bonds. The van der Waals surface area contributed by atoms with Gasteiger partial charge >= 0.3 is 0 Å². The number of benzene rings is 1. The van der Waals surface area contributed by atoms with Gasteiger partial charge < -0.3 is 10.3 Å². The van der Waals surface area contributed by atoms with Crippen LogP contribution < -0.4 is 5.73 Å². The highest BCUT2D eigenvalue weighted by molar-refractivity contribution is 6.30. The van der Waals surface area contributed by atoms with E-state index in [0.29, 0.717) is 6.54 Å². The quantitative estimate of drug-likeness (QED) is 0.914. The van der Waals surface area contributed by atoms with Crippen molar-refractivity contribution in [1.82, 2.24) is 9.55 Å². The first-order valence-electron chi connectivity index (χ1n) is 5.27. The largest absolute Gasteiger partial charge is 0.329 e. The lowest BCUT2D eigenvalue weighted by atomic mass is 10.2. The lowest BCUT2D eigenvalue weighted by molar-refractivity contribution is 0.625. The van der Waals surface area contributed by atoms with E-state index in [1.165, 1.54) is 6.07 Å². The maximum Gasteiger partial charge on any atom is 0.141 e. The smallest absolute Gasteiger partial charge is 0.141 e. The van der Waals surface area contributed by atoms with Crippen molar-refractivity contribution in [3.63, 3.8) is 0 Å². The first-order valence-corrected chi connectivity index (χ1v) is 5.65. The van der Waals surface area contributed by atoms with Gasteiger partial charge in [-0.05, 0) is 24.6 Å². The summed E-state index contributed by atoms with van der Waals surface area (Å²) in [6.07, 6.45) is 3.44. The number of imidazole rings is 1. The monoisotopic (exact) mass is 253 g/mol. The average molecular weight is 254 g/mol. The molecule has 0 radical (unpaired) electrons. The third-order valence-electron chi connectivity index (χ3n) is 2.55. The van der Waals surface area contributed by atoms with Gasteiger partial charge in [-0.15, -0.1) is 0 Å². The van der Waals surface area contributed by atoms with Crippen molar-refractivity contribution >= 4 is 11.6 Å². The van der Waals surface area contributed by atoms with E-state index in [0.717, 1.165) is 11.3 Å². The Kier molecular flexibility index (Phi) is 3.45. The summed E-state index contributed by atoms with van der Waals surface area (Å²) < 4.78 is 14.9. The van der Waals surface area contributed by atoms with Crippen LogP contribution in [0.25, 0.3) is 0 Å². The Labute approximate surface area is 104 Å². The van der Waals surface area contributed by atoms with E-state index in [1.54, 1.807) is 24.7 Å². The maximum atomic E-state index is 13.0. The van der Waals surface area contributed by atoms with Crippen LogP contribution in [0.3, 0.4) is 0 Å². The summed E-state index contributed by atoms with van der Waals surface area (Å²) in [5.74, 6) is -0.409. The molecular formula is C12H13ClFN3. The SMILES string of the molecule is C[C@H](N)c1cncn1Cc1ccc(F)c(Cl)c1. The van der Waals surface area contributed by atoms with E-state index in [-0.39, 0.29) is 11.1 Å². The van der Waals surface area contributed by atoms with Gasteiger partial charge in [0, 0.05) is 18.8 Å². The van der Waals surface area contributed by atoms with Gasteiger partial charge in [0.2, 0.25) is 0 Å².